The van der Waals surface area contributed by atoms with E-state index >= 15 is 0 Å². The average molecular weight is 261 g/mol. The number of hydrogen-bond donors (Lipinski definition) is 1. The summed E-state index contributed by atoms with van der Waals surface area (Å²) < 4.78 is 0. The molecule has 1 aromatic heterocycles. The Labute approximate surface area is 117 Å². The molecular formula is C16H27N3. The van der Waals surface area contributed by atoms with Crippen molar-refractivity contribution in [1.29, 1.82) is 0 Å². The first-order chi connectivity index (χ1) is 9.00. The number of piperazine rings is 1. The fourth-order valence-electron chi connectivity index (χ4n) is 2.96. The van der Waals surface area contributed by atoms with Gasteiger partial charge in [0.05, 0.1) is 0 Å². The molecule has 106 valence electrons. The highest BCUT2D eigenvalue weighted by Gasteiger charge is 2.31. The quantitative estimate of drug-likeness (QED) is 0.903. The van der Waals surface area contributed by atoms with Crippen molar-refractivity contribution < 1.29 is 0 Å². The number of nitrogens with zero attached hydrogens (tertiary/aromatic N) is 2. The molecule has 0 spiro atoms. The maximum atomic E-state index is 4.31. The fraction of sp³-hybridized carbons (Fsp3) is 0.688. The molecule has 1 aliphatic heterocycles. The summed E-state index contributed by atoms with van der Waals surface area (Å²) in [4.78, 5) is 6.94. The van der Waals surface area contributed by atoms with Crippen LogP contribution in [0.4, 0.5) is 0 Å². The summed E-state index contributed by atoms with van der Waals surface area (Å²) in [6, 6.07) is 2.91. The Balaban J connectivity index is 2.09. The standard InChI is InChI=1S/C16H27N3/c1-5-6-15-10-18-16(3,4)12-19(15)11-14-7-13(2)8-17-9-14/h7-9,15,18H,5-6,10-12H2,1-4H3. The second-order valence-corrected chi connectivity index (χ2v) is 6.48. The van der Waals surface area contributed by atoms with Crippen LogP contribution in [0.2, 0.25) is 0 Å². The van der Waals surface area contributed by atoms with Crippen molar-refractivity contribution in [1.82, 2.24) is 15.2 Å². The second kappa shape index (κ2) is 6.02. The lowest BCUT2D eigenvalue weighted by Crippen LogP contribution is -2.61. The minimum Gasteiger partial charge on any atom is -0.309 e. The van der Waals surface area contributed by atoms with Crippen molar-refractivity contribution in [3.63, 3.8) is 0 Å². The normalized spacial score (nSPS) is 23.5. The van der Waals surface area contributed by atoms with E-state index in [1.165, 1.54) is 24.0 Å². The van der Waals surface area contributed by atoms with Gasteiger partial charge in [-0.2, -0.15) is 0 Å². The van der Waals surface area contributed by atoms with Crippen LogP contribution in [0.1, 0.15) is 44.7 Å². The second-order valence-electron chi connectivity index (χ2n) is 6.48. The molecule has 0 saturated carbocycles. The summed E-state index contributed by atoms with van der Waals surface area (Å²) in [5.41, 5.74) is 2.79. The molecule has 1 saturated heterocycles. The number of nitrogens with one attached hydrogen (secondary N) is 1. The highest BCUT2D eigenvalue weighted by Crippen LogP contribution is 2.20. The topological polar surface area (TPSA) is 28.2 Å². The predicted molar refractivity (Wildman–Crippen MR) is 80.2 cm³/mol. The van der Waals surface area contributed by atoms with Gasteiger partial charge in [0.1, 0.15) is 0 Å². The smallest absolute Gasteiger partial charge is 0.0313 e. The van der Waals surface area contributed by atoms with Gasteiger partial charge in [-0.05, 0) is 38.3 Å². The van der Waals surface area contributed by atoms with E-state index in [4.69, 9.17) is 0 Å². The Morgan fingerprint density at radius 1 is 1.42 bits per heavy atom. The predicted octanol–water partition coefficient (Wildman–Crippen LogP) is 2.74. The molecule has 0 amide bonds. The fourth-order valence-corrected chi connectivity index (χ4v) is 2.96. The zero-order valence-corrected chi connectivity index (χ0v) is 12.7. The van der Waals surface area contributed by atoms with E-state index in [1.54, 1.807) is 0 Å². The minimum atomic E-state index is 0.210. The lowest BCUT2D eigenvalue weighted by Gasteiger charge is -2.44. The Kier molecular flexibility index (Phi) is 4.58. The lowest BCUT2D eigenvalue weighted by atomic mass is 9.96. The van der Waals surface area contributed by atoms with Crippen molar-refractivity contribution in [2.24, 2.45) is 0 Å². The summed E-state index contributed by atoms with van der Waals surface area (Å²) >= 11 is 0. The molecule has 2 heterocycles. The molecule has 3 nitrogen and oxygen atoms in total. The van der Waals surface area contributed by atoms with Crippen LogP contribution in [0.25, 0.3) is 0 Å². The van der Waals surface area contributed by atoms with Gasteiger partial charge in [-0.1, -0.05) is 19.4 Å². The minimum absolute atomic E-state index is 0.210. The number of pyridine rings is 1. The van der Waals surface area contributed by atoms with E-state index < -0.39 is 0 Å². The van der Waals surface area contributed by atoms with Gasteiger partial charge in [0, 0.05) is 43.6 Å². The van der Waals surface area contributed by atoms with E-state index in [2.05, 4.69) is 49.0 Å². The van der Waals surface area contributed by atoms with E-state index in [0.29, 0.717) is 6.04 Å². The average Bonchev–Trinajstić information content (AvgIpc) is 2.32. The molecule has 19 heavy (non-hydrogen) atoms. The number of rotatable bonds is 4. The van der Waals surface area contributed by atoms with Gasteiger partial charge >= 0.3 is 0 Å². The first kappa shape index (κ1) is 14.5. The van der Waals surface area contributed by atoms with Crippen molar-refractivity contribution in [2.75, 3.05) is 13.1 Å². The van der Waals surface area contributed by atoms with Crippen molar-refractivity contribution in [3.8, 4) is 0 Å². The van der Waals surface area contributed by atoms with Crippen LogP contribution in [0.3, 0.4) is 0 Å². The van der Waals surface area contributed by atoms with Crippen LogP contribution in [-0.4, -0.2) is 34.6 Å². The van der Waals surface area contributed by atoms with Crippen LogP contribution in [0.5, 0.6) is 0 Å². The molecule has 0 aliphatic carbocycles. The summed E-state index contributed by atoms with van der Waals surface area (Å²) in [5, 5.41) is 3.66. The summed E-state index contributed by atoms with van der Waals surface area (Å²) in [5.74, 6) is 0. The van der Waals surface area contributed by atoms with E-state index in [1.807, 2.05) is 12.4 Å². The number of aryl methyl sites for hydroxylation is 1. The molecule has 0 radical (unpaired) electrons. The van der Waals surface area contributed by atoms with Crippen molar-refractivity contribution in [2.45, 2.75) is 58.7 Å². The number of hydrogen-bond acceptors (Lipinski definition) is 3. The summed E-state index contributed by atoms with van der Waals surface area (Å²) in [7, 11) is 0. The highest BCUT2D eigenvalue weighted by molar-refractivity contribution is 5.17. The molecule has 3 heteroatoms. The Morgan fingerprint density at radius 3 is 2.89 bits per heavy atom. The van der Waals surface area contributed by atoms with Gasteiger partial charge < -0.3 is 5.32 Å². The van der Waals surface area contributed by atoms with Gasteiger partial charge in [0.2, 0.25) is 0 Å². The highest BCUT2D eigenvalue weighted by atomic mass is 15.2. The van der Waals surface area contributed by atoms with Crippen LogP contribution in [0, 0.1) is 6.92 Å². The number of aromatic nitrogens is 1. The molecule has 0 aromatic carbocycles. The third-order valence-electron chi connectivity index (χ3n) is 3.87. The molecule has 0 bridgehead atoms. The first-order valence-electron chi connectivity index (χ1n) is 7.40. The maximum Gasteiger partial charge on any atom is 0.0313 e. The first-order valence-corrected chi connectivity index (χ1v) is 7.40. The molecule has 2 rings (SSSR count). The van der Waals surface area contributed by atoms with Crippen molar-refractivity contribution in [3.05, 3.63) is 29.6 Å². The zero-order valence-electron chi connectivity index (χ0n) is 12.7. The third kappa shape index (κ3) is 4.02. The zero-order chi connectivity index (χ0) is 13.9. The SMILES string of the molecule is CCCC1CNC(C)(C)CN1Cc1cncc(C)c1. The van der Waals surface area contributed by atoms with Gasteiger partial charge in [0.25, 0.3) is 0 Å². The van der Waals surface area contributed by atoms with Crippen LogP contribution >= 0.6 is 0 Å². The van der Waals surface area contributed by atoms with Gasteiger partial charge in [0.15, 0.2) is 0 Å². The largest absolute Gasteiger partial charge is 0.309 e. The van der Waals surface area contributed by atoms with Gasteiger partial charge in [-0.3, -0.25) is 9.88 Å². The maximum absolute atomic E-state index is 4.31. The van der Waals surface area contributed by atoms with Crippen molar-refractivity contribution >= 4 is 0 Å². The van der Waals surface area contributed by atoms with Gasteiger partial charge in [-0.25, -0.2) is 0 Å². The molecule has 1 aromatic rings. The monoisotopic (exact) mass is 261 g/mol. The van der Waals surface area contributed by atoms with E-state index in [-0.39, 0.29) is 5.54 Å². The van der Waals surface area contributed by atoms with Crippen LogP contribution in [0.15, 0.2) is 18.5 Å². The molecule has 1 aliphatic rings. The van der Waals surface area contributed by atoms with Gasteiger partial charge in [-0.15, -0.1) is 0 Å². The van der Waals surface area contributed by atoms with E-state index in [9.17, 15) is 0 Å². The lowest BCUT2D eigenvalue weighted by molar-refractivity contribution is 0.0826. The van der Waals surface area contributed by atoms with E-state index in [0.717, 1.165) is 19.6 Å². The molecule has 1 N–H and O–H groups in total. The molecular weight excluding hydrogens is 234 g/mol. The third-order valence-corrected chi connectivity index (χ3v) is 3.87. The summed E-state index contributed by atoms with van der Waals surface area (Å²) in [6.07, 6.45) is 6.44. The Bertz CT molecular complexity index is 414. The molecule has 1 unspecified atom stereocenters. The van der Waals surface area contributed by atoms with Crippen LogP contribution < -0.4 is 5.32 Å². The molecule has 1 fully saturated rings. The summed E-state index contributed by atoms with van der Waals surface area (Å²) in [6.45, 7) is 12.2. The Morgan fingerprint density at radius 2 is 2.21 bits per heavy atom. The van der Waals surface area contributed by atoms with Crippen LogP contribution in [-0.2, 0) is 6.54 Å². The Hall–Kier alpha value is -0.930. The molecule has 1 atom stereocenters.